The van der Waals surface area contributed by atoms with Crippen LogP contribution in [-0.4, -0.2) is 23.7 Å². The zero-order chi connectivity index (χ0) is 17.9. The molecule has 1 aromatic heterocycles. The minimum absolute atomic E-state index is 0.00159. The molecule has 0 spiro atoms. The van der Waals surface area contributed by atoms with Crippen molar-refractivity contribution in [3.05, 3.63) is 28.8 Å². The number of rotatable bonds is 6. The Morgan fingerprint density at radius 1 is 1.42 bits per heavy atom. The van der Waals surface area contributed by atoms with Crippen LogP contribution in [0.1, 0.15) is 25.8 Å². The lowest BCUT2D eigenvalue weighted by atomic mass is 10.1. The van der Waals surface area contributed by atoms with Crippen LogP contribution in [0.25, 0.3) is 0 Å². The van der Waals surface area contributed by atoms with Crippen LogP contribution in [0.2, 0.25) is 5.02 Å². The number of aromatic nitrogens is 2. The Balaban J connectivity index is 2.14. The molecule has 1 heterocycles. The van der Waals surface area contributed by atoms with Gasteiger partial charge in [0.05, 0.1) is 4.90 Å². The summed E-state index contributed by atoms with van der Waals surface area (Å²) in [6.45, 7) is 5.36. The highest BCUT2D eigenvalue weighted by atomic mass is 35.5. The van der Waals surface area contributed by atoms with Crippen LogP contribution in [0, 0.1) is 12.8 Å². The van der Waals surface area contributed by atoms with Gasteiger partial charge in [-0.05, 0) is 30.5 Å². The average Bonchev–Trinajstić information content (AvgIpc) is 2.86. The number of hydrogen-bond donors (Lipinski definition) is 1. The van der Waals surface area contributed by atoms with E-state index in [9.17, 15) is 13.2 Å². The fourth-order valence-electron chi connectivity index (χ4n) is 1.82. The molecule has 0 fully saturated rings. The third-order valence-corrected chi connectivity index (χ3v) is 5.55. The minimum atomic E-state index is -3.87. The molecule has 0 aliphatic carbocycles. The molecule has 0 amide bonds. The number of carbonyl (C=O) groups is 1. The number of halogens is 1. The average molecular weight is 390 g/mol. The van der Waals surface area contributed by atoms with Gasteiger partial charge in [-0.1, -0.05) is 31.5 Å². The van der Waals surface area contributed by atoms with Crippen LogP contribution in [-0.2, 0) is 14.8 Å². The second-order valence-electron chi connectivity index (χ2n) is 5.42. The molecular weight excluding hydrogens is 374 g/mol. The highest BCUT2D eigenvalue weighted by Crippen LogP contribution is 2.26. The van der Waals surface area contributed by atoms with Crippen LogP contribution in [0.15, 0.2) is 23.1 Å². The number of anilines is 1. The molecule has 24 heavy (non-hydrogen) atoms. The van der Waals surface area contributed by atoms with E-state index >= 15 is 0 Å². The Bertz CT molecular complexity index is 849. The van der Waals surface area contributed by atoms with E-state index < -0.39 is 16.0 Å². The van der Waals surface area contributed by atoms with Gasteiger partial charge in [0.15, 0.2) is 0 Å². The van der Waals surface area contributed by atoms with Crippen molar-refractivity contribution in [2.24, 2.45) is 5.92 Å². The van der Waals surface area contributed by atoms with Gasteiger partial charge >= 0.3 is 12.0 Å². The van der Waals surface area contributed by atoms with E-state index in [4.69, 9.17) is 16.3 Å². The second-order valence-corrected chi connectivity index (χ2v) is 8.23. The standard InChI is InChI=1S/C14H16ClN3O4S2/c1-8(2)7-12(19)22-13-16-14(23-17-13)18-24(20,21)11-6-4-5-10(15)9(11)3/h4-6,8H,7H2,1-3H3,(H,16,17,18). The van der Waals surface area contributed by atoms with Gasteiger partial charge in [-0.25, -0.2) is 8.42 Å². The molecule has 0 unspecified atom stereocenters. The summed E-state index contributed by atoms with van der Waals surface area (Å²) in [6, 6.07) is 4.41. The summed E-state index contributed by atoms with van der Waals surface area (Å²) < 4.78 is 35.9. The second kappa shape index (κ2) is 7.45. The third-order valence-electron chi connectivity index (χ3n) is 2.92. The number of carbonyl (C=O) groups excluding carboxylic acids is 1. The number of esters is 1. The minimum Gasteiger partial charge on any atom is -0.390 e. The fourth-order valence-corrected chi connectivity index (χ4v) is 4.05. The van der Waals surface area contributed by atoms with E-state index in [1.54, 1.807) is 19.1 Å². The molecule has 10 heteroatoms. The van der Waals surface area contributed by atoms with Gasteiger partial charge in [-0.3, -0.25) is 9.52 Å². The maximum absolute atomic E-state index is 12.4. The highest BCUT2D eigenvalue weighted by Gasteiger charge is 2.21. The zero-order valence-corrected chi connectivity index (χ0v) is 15.6. The molecule has 2 aromatic rings. The number of sulfonamides is 1. The number of hydrogen-bond acceptors (Lipinski definition) is 7. The van der Waals surface area contributed by atoms with Crippen LogP contribution in [0.5, 0.6) is 6.01 Å². The molecule has 0 bridgehead atoms. The molecule has 1 aromatic carbocycles. The Labute approximate surface area is 149 Å². The smallest absolute Gasteiger partial charge is 0.338 e. The SMILES string of the molecule is Cc1c(Cl)cccc1S(=O)(=O)Nc1nc(OC(=O)CC(C)C)ns1. The Hall–Kier alpha value is -1.71. The number of benzene rings is 1. The number of nitrogens with one attached hydrogen (secondary N) is 1. The lowest BCUT2D eigenvalue weighted by Crippen LogP contribution is -2.14. The molecule has 130 valence electrons. The normalized spacial score (nSPS) is 11.5. The molecule has 0 aliphatic heterocycles. The molecule has 0 radical (unpaired) electrons. The van der Waals surface area contributed by atoms with Crippen molar-refractivity contribution < 1.29 is 17.9 Å². The van der Waals surface area contributed by atoms with Gasteiger partial charge in [0.25, 0.3) is 10.0 Å². The van der Waals surface area contributed by atoms with E-state index in [2.05, 4.69) is 14.1 Å². The highest BCUT2D eigenvalue weighted by molar-refractivity contribution is 7.93. The largest absolute Gasteiger partial charge is 0.390 e. The summed E-state index contributed by atoms with van der Waals surface area (Å²) in [5.74, 6) is -0.331. The molecule has 0 aliphatic rings. The van der Waals surface area contributed by atoms with Gasteiger partial charge in [0, 0.05) is 23.0 Å². The van der Waals surface area contributed by atoms with Crippen molar-refractivity contribution in [3.63, 3.8) is 0 Å². The Morgan fingerprint density at radius 2 is 2.12 bits per heavy atom. The summed E-state index contributed by atoms with van der Waals surface area (Å²) in [6.07, 6.45) is 0.224. The van der Waals surface area contributed by atoms with Crippen LogP contribution >= 0.6 is 23.1 Å². The molecule has 2 rings (SSSR count). The predicted octanol–water partition coefficient (Wildman–Crippen LogP) is 3.25. The summed E-state index contributed by atoms with van der Waals surface area (Å²) in [7, 11) is -3.87. The molecule has 0 saturated heterocycles. The number of nitrogens with zero attached hydrogens (tertiary/aromatic N) is 2. The summed E-state index contributed by atoms with van der Waals surface area (Å²) in [4.78, 5) is 15.5. The lowest BCUT2D eigenvalue weighted by Gasteiger charge is -2.08. The van der Waals surface area contributed by atoms with Gasteiger partial charge in [0.2, 0.25) is 5.13 Å². The molecule has 7 nitrogen and oxygen atoms in total. The van der Waals surface area contributed by atoms with E-state index in [0.29, 0.717) is 10.6 Å². The van der Waals surface area contributed by atoms with Crippen molar-refractivity contribution >= 4 is 44.3 Å². The monoisotopic (exact) mass is 389 g/mol. The van der Waals surface area contributed by atoms with Crippen molar-refractivity contribution in [1.82, 2.24) is 9.36 Å². The van der Waals surface area contributed by atoms with Gasteiger partial charge in [0.1, 0.15) is 0 Å². The first-order valence-corrected chi connectivity index (χ1v) is 9.65. The maximum atomic E-state index is 12.4. The summed E-state index contributed by atoms with van der Waals surface area (Å²) in [5, 5.41) is 0.347. The number of ether oxygens (including phenoxy) is 1. The third kappa shape index (κ3) is 4.65. The lowest BCUT2D eigenvalue weighted by molar-refractivity contribution is -0.135. The fraction of sp³-hybridized carbons (Fsp3) is 0.357. The van der Waals surface area contributed by atoms with Crippen LogP contribution < -0.4 is 9.46 Å². The summed E-state index contributed by atoms with van der Waals surface area (Å²) in [5.41, 5.74) is 0.430. The van der Waals surface area contributed by atoms with Crippen LogP contribution in [0.3, 0.4) is 0 Å². The predicted molar refractivity (Wildman–Crippen MR) is 92.0 cm³/mol. The summed E-state index contributed by atoms with van der Waals surface area (Å²) >= 11 is 6.73. The van der Waals surface area contributed by atoms with Crippen molar-refractivity contribution in [2.45, 2.75) is 32.1 Å². The quantitative estimate of drug-likeness (QED) is 0.761. The zero-order valence-electron chi connectivity index (χ0n) is 13.2. The molecule has 0 saturated carbocycles. The maximum Gasteiger partial charge on any atom is 0.338 e. The van der Waals surface area contributed by atoms with E-state index in [1.165, 1.54) is 6.07 Å². The molecular formula is C14H16ClN3O4S2. The molecule has 0 atom stereocenters. The van der Waals surface area contributed by atoms with E-state index in [-0.39, 0.29) is 28.4 Å². The first-order valence-electron chi connectivity index (χ1n) is 7.01. The van der Waals surface area contributed by atoms with Gasteiger partial charge < -0.3 is 4.74 Å². The van der Waals surface area contributed by atoms with Crippen molar-refractivity contribution in [2.75, 3.05) is 4.72 Å². The Morgan fingerprint density at radius 3 is 2.79 bits per heavy atom. The first-order chi connectivity index (χ1) is 11.2. The van der Waals surface area contributed by atoms with Gasteiger partial charge in [-0.15, -0.1) is 4.37 Å². The first kappa shape index (κ1) is 18.6. The van der Waals surface area contributed by atoms with Crippen LogP contribution in [0.4, 0.5) is 5.13 Å². The van der Waals surface area contributed by atoms with E-state index in [0.717, 1.165) is 11.5 Å². The van der Waals surface area contributed by atoms with Crippen molar-refractivity contribution in [1.29, 1.82) is 0 Å². The molecule has 1 N–H and O–H groups in total. The van der Waals surface area contributed by atoms with Crippen molar-refractivity contribution in [3.8, 4) is 6.01 Å². The van der Waals surface area contributed by atoms with E-state index in [1.807, 2.05) is 13.8 Å². The van der Waals surface area contributed by atoms with Gasteiger partial charge in [-0.2, -0.15) is 4.98 Å². The Kier molecular flexibility index (Phi) is 5.79. The topological polar surface area (TPSA) is 98.3 Å².